The maximum Gasteiger partial charge on any atom is 0.416 e. The maximum absolute atomic E-state index is 13.0. The van der Waals surface area contributed by atoms with Crippen LogP contribution in [0.25, 0.3) is 5.69 Å². The maximum atomic E-state index is 13.0. The van der Waals surface area contributed by atoms with E-state index in [2.05, 4.69) is 4.74 Å². The second-order valence-electron chi connectivity index (χ2n) is 7.27. The van der Waals surface area contributed by atoms with E-state index in [0.29, 0.717) is 6.42 Å². The van der Waals surface area contributed by atoms with Crippen molar-refractivity contribution in [3.8, 4) is 11.6 Å². The van der Waals surface area contributed by atoms with Gasteiger partial charge in [-0.15, -0.1) is 0 Å². The van der Waals surface area contributed by atoms with Crippen molar-refractivity contribution in [1.82, 2.24) is 14.0 Å². The molecule has 30 heavy (non-hydrogen) atoms. The first-order valence-electron chi connectivity index (χ1n) is 9.23. The lowest BCUT2D eigenvalue weighted by Gasteiger charge is -2.27. The number of carbonyl (C=O) groups is 2. The van der Waals surface area contributed by atoms with Crippen LogP contribution < -0.4 is 5.69 Å². The van der Waals surface area contributed by atoms with Gasteiger partial charge in [-0.1, -0.05) is 6.07 Å². The third kappa shape index (κ3) is 3.04. The van der Waals surface area contributed by atoms with Gasteiger partial charge < -0.3 is 14.7 Å². The normalized spacial score (nSPS) is 19.8. The molecule has 1 aromatic carbocycles. The summed E-state index contributed by atoms with van der Waals surface area (Å²) in [6.45, 7) is 0.226. The number of rotatable bonds is 4. The predicted octanol–water partition coefficient (Wildman–Crippen LogP) is 2.14. The van der Waals surface area contributed by atoms with Crippen LogP contribution in [0.1, 0.15) is 42.6 Å². The average molecular weight is 425 g/mol. The molecule has 1 fully saturated rings. The fourth-order valence-corrected chi connectivity index (χ4v) is 4.23. The summed E-state index contributed by atoms with van der Waals surface area (Å²) in [5.74, 6) is -1.33. The molecule has 1 N–H and O–H groups in total. The lowest BCUT2D eigenvalue weighted by molar-refractivity contribution is -0.144. The van der Waals surface area contributed by atoms with E-state index >= 15 is 0 Å². The van der Waals surface area contributed by atoms with Crippen LogP contribution in [0.2, 0.25) is 0 Å². The summed E-state index contributed by atoms with van der Waals surface area (Å²) in [6.07, 6.45) is -4.34. The second-order valence-corrected chi connectivity index (χ2v) is 7.27. The largest absolute Gasteiger partial charge is 0.493 e. The second kappa shape index (κ2) is 6.92. The SMILES string of the molecule is COC(=O)CCC(=O)N1CC2C[C@@H]1c1c(O)n(-c3cccc(C(F)(F)F)c3)c(=O)n12. The number of nitrogens with zero attached hydrogens (tertiary/aromatic N) is 3. The monoisotopic (exact) mass is 425 g/mol. The number of aromatic nitrogens is 2. The molecule has 160 valence electrons. The van der Waals surface area contributed by atoms with Crippen LogP contribution in [0.15, 0.2) is 29.1 Å². The summed E-state index contributed by atoms with van der Waals surface area (Å²) >= 11 is 0. The lowest BCUT2D eigenvalue weighted by Crippen LogP contribution is -2.38. The van der Waals surface area contributed by atoms with Gasteiger partial charge in [-0.3, -0.25) is 14.2 Å². The van der Waals surface area contributed by atoms with Gasteiger partial charge in [0.15, 0.2) is 0 Å². The summed E-state index contributed by atoms with van der Waals surface area (Å²) in [7, 11) is 1.22. The minimum Gasteiger partial charge on any atom is -0.493 e. The number of hydrogen-bond acceptors (Lipinski definition) is 5. The first kappa shape index (κ1) is 20.0. The summed E-state index contributed by atoms with van der Waals surface area (Å²) < 4.78 is 45.8. The number of methoxy groups -OCH3 is 1. The van der Waals surface area contributed by atoms with Crippen molar-refractivity contribution < 1.29 is 32.6 Å². The Bertz CT molecular complexity index is 1090. The number of imidazole rings is 1. The Morgan fingerprint density at radius 3 is 2.67 bits per heavy atom. The molecule has 2 bridgehead atoms. The van der Waals surface area contributed by atoms with Gasteiger partial charge in [0.05, 0.1) is 36.9 Å². The molecule has 11 heteroatoms. The van der Waals surface area contributed by atoms with Crippen LogP contribution >= 0.6 is 0 Å². The first-order valence-corrected chi connectivity index (χ1v) is 9.23. The average Bonchev–Trinajstić information content (AvgIpc) is 3.36. The van der Waals surface area contributed by atoms with Crippen molar-refractivity contribution in [1.29, 1.82) is 0 Å². The minimum atomic E-state index is -4.60. The Morgan fingerprint density at radius 1 is 1.27 bits per heavy atom. The Kier molecular flexibility index (Phi) is 4.63. The van der Waals surface area contributed by atoms with Gasteiger partial charge in [-0.2, -0.15) is 13.2 Å². The molecule has 2 aromatic rings. The van der Waals surface area contributed by atoms with Crippen LogP contribution in [-0.2, 0) is 20.5 Å². The van der Waals surface area contributed by atoms with Gasteiger partial charge in [0, 0.05) is 13.0 Å². The highest BCUT2D eigenvalue weighted by Gasteiger charge is 2.49. The Morgan fingerprint density at radius 2 is 2.00 bits per heavy atom. The number of aromatic hydroxyl groups is 1. The van der Waals surface area contributed by atoms with Crippen molar-refractivity contribution in [3.05, 3.63) is 46.0 Å². The number of hydrogen-bond donors (Lipinski definition) is 1. The number of alkyl halides is 3. The Hall–Kier alpha value is -3.24. The predicted molar refractivity (Wildman–Crippen MR) is 96.1 cm³/mol. The van der Waals surface area contributed by atoms with Gasteiger partial charge in [-0.25, -0.2) is 9.36 Å². The fraction of sp³-hybridized carbons (Fsp3) is 0.421. The van der Waals surface area contributed by atoms with E-state index in [1.165, 1.54) is 22.6 Å². The highest BCUT2D eigenvalue weighted by molar-refractivity contribution is 5.82. The zero-order valence-electron chi connectivity index (χ0n) is 15.8. The Balaban J connectivity index is 1.68. The van der Waals surface area contributed by atoms with E-state index in [0.717, 1.165) is 22.8 Å². The number of amides is 1. The highest BCUT2D eigenvalue weighted by Crippen LogP contribution is 2.48. The molecule has 3 heterocycles. The zero-order chi connectivity index (χ0) is 21.8. The first-order chi connectivity index (χ1) is 14.1. The summed E-state index contributed by atoms with van der Waals surface area (Å²) in [5.41, 5.74) is -1.52. The molecule has 0 saturated carbocycles. The standard InChI is InChI=1S/C19H18F3N3O5/c1-30-15(27)6-5-14(26)23-9-12-8-13(23)16-17(28)25(18(29)24(12)16)11-4-2-3-10(7-11)19(20,21)22/h2-4,7,12-13,28H,5-6,8-9H2,1H3/t12?,13-/m1/s1. The number of likely N-dealkylation sites (tertiary alicyclic amines) is 1. The zero-order valence-corrected chi connectivity index (χ0v) is 15.8. The van der Waals surface area contributed by atoms with Crippen LogP contribution in [0.4, 0.5) is 13.2 Å². The van der Waals surface area contributed by atoms with Crippen molar-refractivity contribution in [2.24, 2.45) is 0 Å². The Labute approximate surface area is 168 Å². The number of esters is 1. The van der Waals surface area contributed by atoms with E-state index in [1.54, 1.807) is 0 Å². The lowest BCUT2D eigenvalue weighted by atomic mass is 10.1. The minimum absolute atomic E-state index is 0.0742. The van der Waals surface area contributed by atoms with Crippen LogP contribution in [-0.4, -0.2) is 44.7 Å². The molecule has 0 aliphatic carbocycles. The summed E-state index contributed by atoms with van der Waals surface area (Å²) in [6, 6.07) is 3.15. The molecule has 1 saturated heterocycles. The topological polar surface area (TPSA) is 93.8 Å². The van der Waals surface area contributed by atoms with Crippen LogP contribution in [0.5, 0.6) is 5.88 Å². The molecular weight excluding hydrogens is 407 g/mol. The molecule has 2 atom stereocenters. The van der Waals surface area contributed by atoms with Crippen LogP contribution in [0, 0.1) is 0 Å². The quantitative estimate of drug-likeness (QED) is 0.758. The molecule has 2 aliphatic rings. The summed E-state index contributed by atoms with van der Waals surface area (Å²) in [5, 5.41) is 10.7. The molecule has 1 aromatic heterocycles. The van der Waals surface area contributed by atoms with Gasteiger partial charge >= 0.3 is 17.8 Å². The molecule has 0 radical (unpaired) electrons. The molecule has 4 rings (SSSR count). The van der Waals surface area contributed by atoms with Crippen molar-refractivity contribution in [3.63, 3.8) is 0 Å². The van der Waals surface area contributed by atoms with Crippen molar-refractivity contribution in [2.75, 3.05) is 13.7 Å². The molecule has 8 nitrogen and oxygen atoms in total. The molecule has 1 unspecified atom stereocenters. The van der Waals surface area contributed by atoms with Crippen molar-refractivity contribution in [2.45, 2.75) is 37.5 Å². The van der Waals surface area contributed by atoms with Gasteiger partial charge in [-0.05, 0) is 24.6 Å². The smallest absolute Gasteiger partial charge is 0.416 e. The van der Waals surface area contributed by atoms with E-state index in [1.807, 2.05) is 0 Å². The molecular formula is C19H18F3N3O5. The molecule has 2 aliphatic heterocycles. The number of benzene rings is 1. The third-order valence-corrected chi connectivity index (χ3v) is 5.58. The third-order valence-electron chi connectivity index (χ3n) is 5.58. The van der Waals surface area contributed by atoms with E-state index in [4.69, 9.17) is 0 Å². The van der Waals surface area contributed by atoms with Crippen molar-refractivity contribution >= 4 is 11.9 Å². The van der Waals surface area contributed by atoms with Gasteiger partial charge in [0.1, 0.15) is 5.69 Å². The number of carbonyl (C=O) groups excluding carboxylic acids is 2. The number of halogens is 3. The fourth-order valence-electron chi connectivity index (χ4n) is 4.23. The summed E-state index contributed by atoms with van der Waals surface area (Å²) in [4.78, 5) is 38.2. The van der Waals surface area contributed by atoms with E-state index in [9.17, 15) is 32.7 Å². The van der Waals surface area contributed by atoms with E-state index in [-0.39, 0.29) is 36.7 Å². The molecule has 0 spiro atoms. The number of ether oxygens (including phenoxy) is 1. The van der Waals surface area contributed by atoms with E-state index < -0.39 is 41.4 Å². The van der Waals surface area contributed by atoms with Crippen LogP contribution in [0.3, 0.4) is 0 Å². The molecule has 1 amide bonds. The highest BCUT2D eigenvalue weighted by atomic mass is 19.4. The van der Waals surface area contributed by atoms with Gasteiger partial charge in [0.2, 0.25) is 11.8 Å². The number of fused-ring (bicyclic) bond motifs is 5. The van der Waals surface area contributed by atoms with Gasteiger partial charge in [0.25, 0.3) is 0 Å².